The predicted molar refractivity (Wildman–Crippen MR) is 77.0 cm³/mol. The fourth-order valence-corrected chi connectivity index (χ4v) is 2.42. The first-order chi connectivity index (χ1) is 10.1. The normalized spacial score (nSPS) is 19.7. The van der Waals surface area contributed by atoms with Crippen LogP contribution in [0.25, 0.3) is 0 Å². The molecule has 114 valence electrons. The summed E-state index contributed by atoms with van der Waals surface area (Å²) in [6, 6.07) is 5.02. The van der Waals surface area contributed by atoms with Gasteiger partial charge in [-0.3, -0.25) is 4.79 Å². The second-order valence-corrected chi connectivity index (χ2v) is 5.27. The first kappa shape index (κ1) is 15.3. The minimum absolute atomic E-state index is 0.126. The Labute approximate surface area is 123 Å². The Kier molecular flexibility index (Phi) is 5.16. The highest BCUT2D eigenvalue weighted by atomic mass is 16.4. The number of phenolic OH excluding ortho intramolecular Hbond substituents is 1. The van der Waals surface area contributed by atoms with Crippen LogP contribution < -0.4 is 10.6 Å². The van der Waals surface area contributed by atoms with Crippen LogP contribution in [0, 0.1) is 0 Å². The molecule has 0 bridgehead atoms. The Morgan fingerprint density at radius 2 is 2.00 bits per heavy atom. The van der Waals surface area contributed by atoms with Crippen LogP contribution in [0.2, 0.25) is 0 Å². The number of phenols is 1. The lowest BCUT2D eigenvalue weighted by atomic mass is 10.0. The van der Waals surface area contributed by atoms with E-state index in [0.717, 1.165) is 31.4 Å². The third-order valence-electron chi connectivity index (χ3n) is 3.62. The average Bonchev–Trinajstić information content (AvgIpc) is 2.49. The zero-order valence-electron chi connectivity index (χ0n) is 11.7. The summed E-state index contributed by atoms with van der Waals surface area (Å²) in [4.78, 5) is 23.4. The molecule has 0 spiro atoms. The van der Waals surface area contributed by atoms with Gasteiger partial charge in [-0.2, -0.15) is 0 Å². The fourth-order valence-electron chi connectivity index (χ4n) is 2.42. The first-order valence-electron chi connectivity index (χ1n) is 7.11. The highest BCUT2D eigenvalue weighted by Gasteiger charge is 2.26. The number of aliphatic carboxylic acids is 1. The van der Waals surface area contributed by atoms with Crippen LogP contribution in [0.4, 0.5) is 0 Å². The van der Waals surface area contributed by atoms with E-state index in [1.807, 2.05) is 0 Å². The van der Waals surface area contributed by atoms with Gasteiger partial charge in [0, 0.05) is 6.42 Å². The number of hydrogen-bond donors (Lipinski definition) is 4. The maximum Gasteiger partial charge on any atom is 0.326 e. The third-order valence-corrected chi connectivity index (χ3v) is 3.62. The molecular formula is C15H20N2O4. The summed E-state index contributed by atoms with van der Waals surface area (Å²) < 4.78 is 0. The second kappa shape index (κ2) is 7.08. The van der Waals surface area contributed by atoms with Crippen LogP contribution in [0.1, 0.15) is 24.8 Å². The van der Waals surface area contributed by atoms with Gasteiger partial charge >= 0.3 is 5.97 Å². The van der Waals surface area contributed by atoms with E-state index in [1.54, 1.807) is 12.1 Å². The van der Waals surface area contributed by atoms with E-state index < -0.39 is 12.0 Å². The van der Waals surface area contributed by atoms with Crippen molar-refractivity contribution < 1.29 is 19.8 Å². The van der Waals surface area contributed by atoms with E-state index in [0.29, 0.717) is 0 Å². The number of carboxylic acids is 1. The summed E-state index contributed by atoms with van der Waals surface area (Å²) in [5, 5.41) is 24.2. The molecule has 21 heavy (non-hydrogen) atoms. The molecule has 1 saturated heterocycles. The average molecular weight is 292 g/mol. The molecular weight excluding hydrogens is 272 g/mol. The first-order valence-corrected chi connectivity index (χ1v) is 7.11. The van der Waals surface area contributed by atoms with Crippen LogP contribution in [-0.4, -0.2) is 40.7 Å². The number of carbonyl (C=O) groups excluding carboxylic acids is 1. The van der Waals surface area contributed by atoms with Gasteiger partial charge in [-0.25, -0.2) is 4.79 Å². The Bertz CT molecular complexity index is 495. The lowest BCUT2D eigenvalue weighted by Crippen LogP contribution is -2.52. The zero-order chi connectivity index (χ0) is 15.2. The monoisotopic (exact) mass is 292 g/mol. The number of benzene rings is 1. The number of carbonyl (C=O) groups is 2. The Hall–Kier alpha value is -2.08. The molecule has 0 aliphatic carbocycles. The summed E-state index contributed by atoms with van der Waals surface area (Å²) in [6.45, 7) is 0.786. The van der Waals surface area contributed by atoms with Gasteiger partial charge in [0.2, 0.25) is 5.91 Å². The SMILES string of the molecule is O=C(O)[C@H](Cc1ccc(O)cc1)NC(=O)[C@@H]1CCCCN1. The molecule has 1 heterocycles. The largest absolute Gasteiger partial charge is 0.508 e. The molecule has 1 aliphatic heterocycles. The van der Waals surface area contributed by atoms with E-state index in [1.165, 1.54) is 12.1 Å². The van der Waals surface area contributed by atoms with Crippen molar-refractivity contribution in [1.29, 1.82) is 0 Å². The van der Waals surface area contributed by atoms with E-state index in [9.17, 15) is 19.8 Å². The minimum Gasteiger partial charge on any atom is -0.508 e. The van der Waals surface area contributed by atoms with Crippen LogP contribution in [0.15, 0.2) is 24.3 Å². The molecule has 2 rings (SSSR count). The van der Waals surface area contributed by atoms with E-state index in [-0.39, 0.29) is 24.1 Å². The van der Waals surface area contributed by atoms with E-state index >= 15 is 0 Å². The van der Waals surface area contributed by atoms with E-state index in [2.05, 4.69) is 10.6 Å². The molecule has 1 aromatic carbocycles. The molecule has 4 N–H and O–H groups in total. The smallest absolute Gasteiger partial charge is 0.326 e. The summed E-state index contributed by atoms with van der Waals surface area (Å²) in [6.07, 6.45) is 2.94. The van der Waals surface area contributed by atoms with Crippen LogP contribution in [-0.2, 0) is 16.0 Å². The highest BCUT2D eigenvalue weighted by Crippen LogP contribution is 2.12. The zero-order valence-corrected chi connectivity index (χ0v) is 11.7. The molecule has 6 nitrogen and oxygen atoms in total. The maximum absolute atomic E-state index is 12.1. The molecule has 0 radical (unpaired) electrons. The Morgan fingerprint density at radius 1 is 1.29 bits per heavy atom. The predicted octanol–water partition coefficient (Wildman–Crippen LogP) is 0.646. The maximum atomic E-state index is 12.1. The standard InChI is InChI=1S/C15H20N2O4/c18-11-6-4-10(5-7-11)9-13(15(20)21)17-14(19)12-3-1-2-8-16-12/h4-7,12-13,16,18H,1-3,8-9H2,(H,17,19)(H,20,21)/t12-,13-/m0/s1. The van der Waals surface area contributed by atoms with Gasteiger partial charge in [0.1, 0.15) is 11.8 Å². The Balaban J connectivity index is 1.96. The van der Waals surface area contributed by atoms with Gasteiger partial charge in [-0.05, 0) is 37.1 Å². The number of amides is 1. The van der Waals surface area contributed by atoms with Crippen LogP contribution >= 0.6 is 0 Å². The number of rotatable bonds is 5. The van der Waals surface area contributed by atoms with Gasteiger partial charge in [-0.15, -0.1) is 0 Å². The molecule has 6 heteroatoms. The molecule has 2 atom stereocenters. The van der Waals surface area contributed by atoms with Crippen molar-refractivity contribution in [2.75, 3.05) is 6.54 Å². The molecule has 0 unspecified atom stereocenters. The number of hydrogen-bond acceptors (Lipinski definition) is 4. The lowest BCUT2D eigenvalue weighted by Gasteiger charge is -2.24. The molecule has 1 aromatic rings. The highest BCUT2D eigenvalue weighted by molar-refractivity contribution is 5.87. The summed E-state index contributed by atoms with van der Waals surface area (Å²) >= 11 is 0. The van der Waals surface area contributed by atoms with Crippen LogP contribution in [0.5, 0.6) is 5.75 Å². The van der Waals surface area contributed by atoms with Crippen molar-refractivity contribution in [1.82, 2.24) is 10.6 Å². The topological polar surface area (TPSA) is 98.7 Å². The molecule has 0 saturated carbocycles. The quantitative estimate of drug-likeness (QED) is 0.638. The van der Waals surface area contributed by atoms with Gasteiger partial charge in [0.15, 0.2) is 0 Å². The Morgan fingerprint density at radius 3 is 2.57 bits per heavy atom. The minimum atomic E-state index is -1.06. The molecule has 1 aliphatic rings. The van der Waals surface area contributed by atoms with Gasteiger partial charge in [0.25, 0.3) is 0 Å². The van der Waals surface area contributed by atoms with Crippen molar-refractivity contribution in [3.63, 3.8) is 0 Å². The van der Waals surface area contributed by atoms with Crippen LogP contribution in [0.3, 0.4) is 0 Å². The third kappa shape index (κ3) is 4.46. The van der Waals surface area contributed by atoms with Crippen molar-refractivity contribution in [3.05, 3.63) is 29.8 Å². The number of nitrogens with one attached hydrogen (secondary N) is 2. The molecule has 1 fully saturated rings. The summed E-state index contributed by atoms with van der Waals surface area (Å²) in [7, 11) is 0. The summed E-state index contributed by atoms with van der Waals surface area (Å²) in [5.41, 5.74) is 0.747. The van der Waals surface area contributed by atoms with Gasteiger partial charge in [-0.1, -0.05) is 18.6 Å². The van der Waals surface area contributed by atoms with Crippen molar-refractivity contribution in [2.45, 2.75) is 37.8 Å². The number of piperidine rings is 1. The van der Waals surface area contributed by atoms with E-state index in [4.69, 9.17) is 0 Å². The van der Waals surface area contributed by atoms with Crippen molar-refractivity contribution in [3.8, 4) is 5.75 Å². The van der Waals surface area contributed by atoms with Gasteiger partial charge < -0.3 is 20.8 Å². The lowest BCUT2D eigenvalue weighted by molar-refractivity contribution is -0.142. The number of carboxylic acid groups (broad SMARTS) is 1. The second-order valence-electron chi connectivity index (χ2n) is 5.27. The van der Waals surface area contributed by atoms with Crippen molar-refractivity contribution >= 4 is 11.9 Å². The summed E-state index contributed by atoms with van der Waals surface area (Å²) in [5.74, 6) is -1.20. The molecule has 1 amide bonds. The number of aromatic hydroxyl groups is 1. The fraction of sp³-hybridized carbons (Fsp3) is 0.467. The molecule has 0 aromatic heterocycles. The van der Waals surface area contributed by atoms with Gasteiger partial charge in [0.05, 0.1) is 6.04 Å². The van der Waals surface area contributed by atoms with Crippen molar-refractivity contribution in [2.24, 2.45) is 0 Å².